The van der Waals surface area contributed by atoms with Gasteiger partial charge in [0.2, 0.25) is 0 Å². The monoisotopic (exact) mass is 506 g/mol. The Bertz CT molecular complexity index is 1340. The quantitative estimate of drug-likeness (QED) is 0.264. The smallest absolute Gasteiger partial charge is 0.416 e. The molecule has 1 aromatic heterocycles. The predicted molar refractivity (Wildman–Crippen MR) is 131 cm³/mol. The van der Waals surface area contributed by atoms with E-state index in [1.165, 1.54) is 0 Å². The molecule has 0 bridgehead atoms. The van der Waals surface area contributed by atoms with Crippen LogP contribution < -0.4 is 4.74 Å². The number of nitrogens with zero attached hydrogens (tertiary/aromatic N) is 2. The van der Waals surface area contributed by atoms with Crippen LogP contribution in [0.15, 0.2) is 48.5 Å². The lowest BCUT2D eigenvalue weighted by atomic mass is 9.95. The van der Waals surface area contributed by atoms with Gasteiger partial charge in [0, 0.05) is 23.2 Å². The lowest BCUT2D eigenvalue weighted by Gasteiger charge is -2.15. The summed E-state index contributed by atoms with van der Waals surface area (Å²) in [5, 5.41) is 6.70. The van der Waals surface area contributed by atoms with Crippen molar-refractivity contribution in [3.63, 3.8) is 0 Å². The van der Waals surface area contributed by atoms with Crippen molar-refractivity contribution < 1.29 is 17.9 Å². The topological polar surface area (TPSA) is 27.1 Å². The van der Waals surface area contributed by atoms with E-state index in [1.807, 2.05) is 44.2 Å². The first kappa shape index (κ1) is 24.4. The highest BCUT2D eigenvalue weighted by molar-refractivity contribution is 6.37. The number of hydrogen-bond acceptors (Lipinski definition) is 2. The van der Waals surface area contributed by atoms with Crippen LogP contribution in [0.2, 0.25) is 10.0 Å². The fourth-order valence-electron chi connectivity index (χ4n) is 4.37. The highest BCUT2D eigenvalue weighted by atomic mass is 35.5. The molecule has 3 aromatic carbocycles. The average Bonchev–Trinajstić information content (AvgIpc) is 3.15. The van der Waals surface area contributed by atoms with E-state index in [2.05, 4.69) is 6.07 Å². The molecule has 0 amide bonds. The van der Waals surface area contributed by atoms with Crippen LogP contribution in [0.1, 0.15) is 41.9 Å². The summed E-state index contributed by atoms with van der Waals surface area (Å²) in [4.78, 5) is 0. The van der Waals surface area contributed by atoms with Crippen molar-refractivity contribution in [1.82, 2.24) is 9.78 Å². The molecule has 8 heteroatoms. The van der Waals surface area contributed by atoms with Gasteiger partial charge in [-0.3, -0.25) is 0 Å². The summed E-state index contributed by atoms with van der Waals surface area (Å²) in [6, 6.07) is 13.8. The third-order valence-electron chi connectivity index (χ3n) is 5.97. The molecule has 0 atom stereocenters. The summed E-state index contributed by atoms with van der Waals surface area (Å²) in [5.74, 6) is 0.765. The number of rotatable bonds is 6. The van der Waals surface area contributed by atoms with Crippen LogP contribution in [0.25, 0.3) is 16.5 Å². The summed E-state index contributed by atoms with van der Waals surface area (Å²) in [6.45, 7) is 3.97. The third-order valence-corrected chi connectivity index (χ3v) is 6.55. The maximum absolute atomic E-state index is 13.2. The van der Waals surface area contributed by atoms with Crippen LogP contribution in [0.4, 0.5) is 13.2 Å². The van der Waals surface area contributed by atoms with Crippen molar-refractivity contribution in [2.24, 2.45) is 0 Å². The average molecular weight is 507 g/mol. The molecule has 178 valence electrons. The van der Waals surface area contributed by atoms with E-state index in [9.17, 15) is 13.2 Å². The maximum Gasteiger partial charge on any atom is 0.416 e. The van der Waals surface area contributed by atoms with Gasteiger partial charge in [-0.15, -0.1) is 0 Å². The van der Waals surface area contributed by atoms with Gasteiger partial charge in [-0.05, 0) is 41.8 Å². The van der Waals surface area contributed by atoms with Crippen molar-refractivity contribution >= 4 is 34.0 Å². The van der Waals surface area contributed by atoms with Gasteiger partial charge in [-0.25, -0.2) is 4.68 Å². The second-order valence-corrected chi connectivity index (χ2v) is 8.74. The lowest BCUT2D eigenvalue weighted by Crippen LogP contribution is -2.09. The van der Waals surface area contributed by atoms with Crippen LogP contribution in [0.5, 0.6) is 5.75 Å². The Kier molecular flexibility index (Phi) is 6.83. The molecule has 0 spiro atoms. The van der Waals surface area contributed by atoms with Gasteiger partial charge >= 0.3 is 6.18 Å². The van der Waals surface area contributed by atoms with Crippen LogP contribution >= 0.6 is 23.2 Å². The third kappa shape index (κ3) is 4.37. The fourth-order valence-corrected chi connectivity index (χ4v) is 5.02. The standard InChI is InChI=1S/C26H23Cl2F3N2O/c1-4-22-19(14-18-17-9-7-6-8-15(17)10-11-24(18)34-3)23(5-2)33(32-22)25-20(27)12-16(13-21(25)28)26(29,30)31/h6-13H,4-5,14H2,1-3H3. The van der Waals surface area contributed by atoms with E-state index in [1.54, 1.807) is 11.8 Å². The molecule has 0 aliphatic rings. The van der Waals surface area contributed by atoms with Gasteiger partial charge in [-0.1, -0.05) is 67.4 Å². The zero-order valence-electron chi connectivity index (χ0n) is 18.9. The van der Waals surface area contributed by atoms with E-state index in [0.717, 1.165) is 51.2 Å². The summed E-state index contributed by atoms with van der Waals surface area (Å²) >= 11 is 12.7. The molecule has 0 N–H and O–H groups in total. The first-order chi connectivity index (χ1) is 16.2. The number of fused-ring (bicyclic) bond motifs is 1. The molecule has 0 aliphatic carbocycles. The largest absolute Gasteiger partial charge is 0.496 e. The number of alkyl halides is 3. The summed E-state index contributed by atoms with van der Waals surface area (Å²) < 4.78 is 47.0. The van der Waals surface area contributed by atoms with Gasteiger partial charge in [-0.2, -0.15) is 18.3 Å². The van der Waals surface area contributed by atoms with Gasteiger partial charge in [0.05, 0.1) is 28.4 Å². The number of benzene rings is 3. The van der Waals surface area contributed by atoms with E-state index in [4.69, 9.17) is 33.0 Å². The Morgan fingerprint density at radius 2 is 1.62 bits per heavy atom. The molecule has 3 nitrogen and oxygen atoms in total. The number of halogens is 5. The predicted octanol–water partition coefficient (Wildman–Crippen LogP) is 8.08. The minimum atomic E-state index is -4.55. The van der Waals surface area contributed by atoms with Crippen LogP contribution in [-0.2, 0) is 25.4 Å². The van der Waals surface area contributed by atoms with E-state index < -0.39 is 11.7 Å². The van der Waals surface area contributed by atoms with Crippen LogP contribution in [-0.4, -0.2) is 16.9 Å². The minimum absolute atomic E-state index is 0.103. The summed E-state index contributed by atoms with van der Waals surface area (Å²) in [5.41, 5.74) is 3.04. The van der Waals surface area contributed by atoms with E-state index in [-0.39, 0.29) is 15.7 Å². The van der Waals surface area contributed by atoms with Gasteiger partial charge in [0.15, 0.2) is 0 Å². The molecule has 4 aromatic rings. The van der Waals surface area contributed by atoms with Crippen molar-refractivity contribution in [3.05, 3.63) is 86.7 Å². The molecule has 0 saturated carbocycles. The summed E-state index contributed by atoms with van der Waals surface area (Å²) in [7, 11) is 1.64. The number of aryl methyl sites for hydroxylation is 1. The molecule has 4 rings (SSSR count). The second kappa shape index (κ2) is 9.51. The molecule has 0 unspecified atom stereocenters. The van der Waals surface area contributed by atoms with Gasteiger partial charge in [0.25, 0.3) is 0 Å². The van der Waals surface area contributed by atoms with E-state index in [0.29, 0.717) is 19.3 Å². The first-order valence-corrected chi connectivity index (χ1v) is 11.7. The molecule has 0 fully saturated rings. The van der Waals surface area contributed by atoms with Gasteiger partial charge in [0.1, 0.15) is 11.4 Å². The Balaban J connectivity index is 1.91. The summed E-state index contributed by atoms with van der Waals surface area (Å²) in [6.07, 6.45) is -2.78. The van der Waals surface area contributed by atoms with Crippen molar-refractivity contribution in [3.8, 4) is 11.4 Å². The molecular weight excluding hydrogens is 484 g/mol. The Morgan fingerprint density at radius 1 is 0.941 bits per heavy atom. The molecule has 1 heterocycles. The fraction of sp³-hybridized carbons (Fsp3) is 0.269. The first-order valence-electron chi connectivity index (χ1n) is 10.9. The highest BCUT2D eigenvalue weighted by Crippen LogP contribution is 2.39. The number of methoxy groups -OCH3 is 1. The number of hydrogen-bond donors (Lipinski definition) is 0. The number of aromatic nitrogens is 2. The molecule has 0 radical (unpaired) electrons. The molecule has 0 saturated heterocycles. The molecule has 34 heavy (non-hydrogen) atoms. The highest BCUT2D eigenvalue weighted by Gasteiger charge is 2.33. The number of ether oxygens (including phenoxy) is 1. The Hall–Kier alpha value is -2.70. The zero-order valence-corrected chi connectivity index (χ0v) is 20.4. The maximum atomic E-state index is 13.2. The Morgan fingerprint density at radius 3 is 2.21 bits per heavy atom. The molecular formula is C26H23Cl2F3N2O. The van der Waals surface area contributed by atoms with Crippen molar-refractivity contribution in [2.45, 2.75) is 39.3 Å². The minimum Gasteiger partial charge on any atom is -0.496 e. The van der Waals surface area contributed by atoms with E-state index >= 15 is 0 Å². The van der Waals surface area contributed by atoms with Crippen LogP contribution in [0, 0.1) is 0 Å². The van der Waals surface area contributed by atoms with Crippen LogP contribution in [0.3, 0.4) is 0 Å². The SMILES string of the molecule is CCc1nn(-c2c(Cl)cc(C(F)(F)F)cc2Cl)c(CC)c1Cc1c(OC)ccc2ccccc12. The Labute approximate surface area is 206 Å². The normalized spacial score (nSPS) is 11.9. The van der Waals surface area contributed by atoms with Gasteiger partial charge < -0.3 is 4.74 Å². The van der Waals surface area contributed by atoms with Crippen molar-refractivity contribution in [2.75, 3.05) is 7.11 Å². The second-order valence-electron chi connectivity index (χ2n) is 7.92. The molecule has 0 aliphatic heterocycles. The lowest BCUT2D eigenvalue weighted by molar-refractivity contribution is -0.137. The van der Waals surface area contributed by atoms with Crippen molar-refractivity contribution in [1.29, 1.82) is 0 Å². The zero-order chi connectivity index (χ0) is 24.6.